The lowest BCUT2D eigenvalue weighted by molar-refractivity contribution is 0.178. The van der Waals surface area contributed by atoms with E-state index in [1.807, 2.05) is 0 Å². The summed E-state index contributed by atoms with van der Waals surface area (Å²) in [7, 11) is 1.76. The van der Waals surface area contributed by atoms with Gasteiger partial charge in [-0.1, -0.05) is 18.6 Å². The van der Waals surface area contributed by atoms with Gasteiger partial charge in [-0.15, -0.1) is 0 Å². The number of aliphatic hydroxyl groups is 1. The normalized spacial score (nSPS) is 14.3. The zero-order valence-electron chi connectivity index (χ0n) is 10.5. The van der Waals surface area contributed by atoms with Crippen LogP contribution in [0.1, 0.15) is 46.0 Å². The van der Waals surface area contributed by atoms with Gasteiger partial charge in [0.2, 0.25) is 0 Å². The molecule has 0 spiro atoms. The van der Waals surface area contributed by atoms with E-state index in [0.717, 1.165) is 38.2 Å². The number of aliphatic hydroxyl groups excluding tert-OH is 1. The molecule has 2 nitrogen and oxygen atoms in total. The topological polar surface area (TPSA) is 29.5 Å². The molecular formula is C13H26O2. The summed E-state index contributed by atoms with van der Waals surface area (Å²) in [5.41, 5.74) is 1.41. The number of allylic oxidation sites excluding steroid dienone is 2. The summed E-state index contributed by atoms with van der Waals surface area (Å²) in [5, 5.41) is 8.68. The van der Waals surface area contributed by atoms with Gasteiger partial charge in [0.05, 0.1) is 0 Å². The van der Waals surface area contributed by atoms with E-state index in [1.54, 1.807) is 7.11 Å². The molecule has 0 aromatic carbocycles. The van der Waals surface area contributed by atoms with Gasteiger partial charge >= 0.3 is 0 Å². The first-order valence-corrected chi connectivity index (χ1v) is 5.96. The molecule has 1 N–H and O–H groups in total. The standard InChI is InChI=1S/C13H26O2/c1-12(8-5-10-14)6-4-7-13(2)9-11-15-3/h6,13-14H,4-5,7-11H2,1-3H3/b12-6-. The third-order valence-corrected chi connectivity index (χ3v) is 2.70. The van der Waals surface area contributed by atoms with Gasteiger partial charge < -0.3 is 9.84 Å². The van der Waals surface area contributed by atoms with Crippen LogP contribution >= 0.6 is 0 Å². The highest BCUT2D eigenvalue weighted by Gasteiger charge is 2.00. The lowest BCUT2D eigenvalue weighted by atomic mass is 10.0. The number of rotatable bonds is 9. The SMILES string of the molecule is COCCC(C)CC/C=C(/C)CCCO. The first kappa shape index (κ1) is 14.7. The average Bonchev–Trinajstić information content (AvgIpc) is 2.23. The Morgan fingerprint density at radius 3 is 2.73 bits per heavy atom. The van der Waals surface area contributed by atoms with Crippen LogP contribution in [-0.4, -0.2) is 25.4 Å². The van der Waals surface area contributed by atoms with Crippen molar-refractivity contribution in [1.29, 1.82) is 0 Å². The molecule has 0 rings (SSSR count). The molecule has 15 heavy (non-hydrogen) atoms. The largest absolute Gasteiger partial charge is 0.396 e. The summed E-state index contributed by atoms with van der Waals surface area (Å²) in [6, 6.07) is 0. The molecule has 0 heterocycles. The van der Waals surface area contributed by atoms with E-state index in [4.69, 9.17) is 9.84 Å². The first-order chi connectivity index (χ1) is 7.20. The monoisotopic (exact) mass is 214 g/mol. The summed E-state index contributed by atoms with van der Waals surface area (Å²) >= 11 is 0. The van der Waals surface area contributed by atoms with Crippen molar-refractivity contribution < 1.29 is 9.84 Å². The highest BCUT2D eigenvalue weighted by Crippen LogP contribution is 2.13. The van der Waals surface area contributed by atoms with Crippen LogP contribution < -0.4 is 0 Å². The molecule has 2 heteroatoms. The molecule has 0 aromatic heterocycles. The summed E-state index contributed by atoms with van der Waals surface area (Å²) in [4.78, 5) is 0. The maximum atomic E-state index is 8.68. The highest BCUT2D eigenvalue weighted by molar-refractivity contribution is 4.97. The number of methoxy groups -OCH3 is 1. The van der Waals surface area contributed by atoms with E-state index in [1.165, 1.54) is 12.0 Å². The third kappa shape index (κ3) is 9.95. The van der Waals surface area contributed by atoms with Crippen molar-refractivity contribution in [2.45, 2.75) is 46.0 Å². The average molecular weight is 214 g/mol. The smallest absolute Gasteiger partial charge is 0.0464 e. The van der Waals surface area contributed by atoms with Crippen molar-refractivity contribution in [2.24, 2.45) is 5.92 Å². The van der Waals surface area contributed by atoms with Crippen molar-refractivity contribution in [2.75, 3.05) is 20.3 Å². The summed E-state index contributed by atoms with van der Waals surface area (Å²) in [5.74, 6) is 0.742. The molecule has 90 valence electrons. The number of ether oxygens (including phenoxy) is 1. The van der Waals surface area contributed by atoms with Crippen molar-refractivity contribution >= 4 is 0 Å². The Morgan fingerprint density at radius 2 is 2.13 bits per heavy atom. The number of hydrogen-bond donors (Lipinski definition) is 1. The zero-order valence-corrected chi connectivity index (χ0v) is 10.5. The second-order valence-corrected chi connectivity index (χ2v) is 4.34. The second kappa shape index (κ2) is 10.2. The Bertz CT molecular complexity index is 164. The van der Waals surface area contributed by atoms with Crippen molar-refractivity contribution in [1.82, 2.24) is 0 Å². The predicted molar refractivity (Wildman–Crippen MR) is 65.0 cm³/mol. The van der Waals surface area contributed by atoms with Crippen LogP contribution in [0.25, 0.3) is 0 Å². The maximum absolute atomic E-state index is 8.68. The van der Waals surface area contributed by atoms with Gasteiger partial charge in [-0.25, -0.2) is 0 Å². The molecule has 0 amide bonds. The molecule has 0 aliphatic heterocycles. The molecule has 0 saturated carbocycles. The van der Waals surface area contributed by atoms with Crippen LogP contribution in [0.4, 0.5) is 0 Å². The van der Waals surface area contributed by atoms with E-state index >= 15 is 0 Å². The molecular weight excluding hydrogens is 188 g/mol. The minimum absolute atomic E-state index is 0.301. The van der Waals surface area contributed by atoms with Gasteiger partial charge in [-0.3, -0.25) is 0 Å². The molecule has 0 saturated heterocycles. The fourth-order valence-electron chi connectivity index (χ4n) is 1.54. The van der Waals surface area contributed by atoms with Gasteiger partial charge in [0.25, 0.3) is 0 Å². The van der Waals surface area contributed by atoms with Crippen LogP contribution in [0.5, 0.6) is 0 Å². The lowest BCUT2D eigenvalue weighted by Gasteiger charge is -2.09. The molecule has 0 aliphatic rings. The third-order valence-electron chi connectivity index (χ3n) is 2.70. The van der Waals surface area contributed by atoms with Gasteiger partial charge in [-0.2, -0.15) is 0 Å². The van der Waals surface area contributed by atoms with Crippen molar-refractivity contribution in [3.8, 4) is 0 Å². The molecule has 0 aliphatic carbocycles. The van der Waals surface area contributed by atoms with Crippen LogP contribution in [0.2, 0.25) is 0 Å². The van der Waals surface area contributed by atoms with E-state index < -0.39 is 0 Å². The van der Waals surface area contributed by atoms with E-state index in [0.29, 0.717) is 6.61 Å². The van der Waals surface area contributed by atoms with Gasteiger partial charge in [0.1, 0.15) is 0 Å². The highest BCUT2D eigenvalue weighted by atomic mass is 16.5. The summed E-state index contributed by atoms with van der Waals surface area (Å²) < 4.78 is 5.05. The van der Waals surface area contributed by atoms with E-state index in [-0.39, 0.29) is 0 Å². The molecule has 1 atom stereocenters. The lowest BCUT2D eigenvalue weighted by Crippen LogP contribution is -1.99. The van der Waals surface area contributed by atoms with Crippen LogP contribution in [-0.2, 0) is 4.74 Å². The zero-order chi connectivity index (χ0) is 11.5. The molecule has 1 unspecified atom stereocenters. The minimum Gasteiger partial charge on any atom is -0.396 e. The van der Waals surface area contributed by atoms with Gasteiger partial charge in [0.15, 0.2) is 0 Å². The summed E-state index contributed by atoms with van der Waals surface area (Å²) in [6.07, 6.45) is 7.77. The molecule has 0 fully saturated rings. The fourth-order valence-corrected chi connectivity index (χ4v) is 1.54. The Labute approximate surface area is 94.3 Å². The number of hydrogen-bond acceptors (Lipinski definition) is 2. The Kier molecular flexibility index (Phi) is 9.96. The van der Waals surface area contributed by atoms with Crippen molar-refractivity contribution in [3.05, 3.63) is 11.6 Å². The van der Waals surface area contributed by atoms with Crippen LogP contribution in [0.15, 0.2) is 11.6 Å². The Morgan fingerprint density at radius 1 is 1.40 bits per heavy atom. The molecule has 0 bridgehead atoms. The predicted octanol–water partition coefficient (Wildman–Crippen LogP) is 3.16. The Balaban J connectivity index is 3.48. The van der Waals surface area contributed by atoms with E-state index in [9.17, 15) is 0 Å². The molecule has 0 radical (unpaired) electrons. The van der Waals surface area contributed by atoms with Gasteiger partial charge in [0, 0.05) is 20.3 Å². The van der Waals surface area contributed by atoms with Crippen molar-refractivity contribution in [3.63, 3.8) is 0 Å². The maximum Gasteiger partial charge on any atom is 0.0464 e. The summed E-state index contributed by atoms with van der Waals surface area (Å²) in [6.45, 7) is 5.59. The Hall–Kier alpha value is -0.340. The van der Waals surface area contributed by atoms with Crippen LogP contribution in [0.3, 0.4) is 0 Å². The molecule has 0 aromatic rings. The quantitative estimate of drug-likeness (QED) is 0.597. The van der Waals surface area contributed by atoms with Gasteiger partial charge in [-0.05, 0) is 44.9 Å². The van der Waals surface area contributed by atoms with E-state index in [2.05, 4.69) is 19.9 Å². The minimum atomic E-state index is 0.301. The second-order valence-electron chi connectivity index (χ2n) is 4.34. The first-order valence-electron chi connectivity index (χ1n) is 5.96. The fraction of sp³-hybridized carbons (Fsp3) is 0.846. The van der Waals surface area contributed by atoms with Crippen LogP contribution in [0, 0.1) is 5.92 Å².